The molecule has 0 aromatic heterocycles. The Morgan fingerprint density at radius 2 is 2.00 bits per heavy atom. The van der Waals surface area contributed by atoms with Crippen LogP contribution in [0.25, 0.3) is 0 Å². The van der Waals surface area contributed by atoms with E-state index in [1.54, 1.807) is 17.0 Å². The van der Waals surface area contributed by atoms with E-state index < -0.39 is 6.10 Å². The van der Waals surface area contributed by atoms with Crippen LogP contribution in [0, 0.1) is 0 Å². The van der Waals surface area contributed by atoms with Crippen LogP contribution < -0.4 is 15.2 Å². The van der Waals surface area contributed by atoms with Crippen LogP contribution in [0.15, 0.2) is 12.1 Å². The first-order valence-corrected chi connectivity index (χ1v) is 6.55. The van der Waals surface area contributed by atoms with Crippen LogP contribution in [-0.2, 0) is 0 Å². The number of hydrogen-bond donors (Lipinski definition) is 2. The number of nitrogens with two attached hydrogens (primary N) is 1. The number of β-amino-alcohol motifs (C(OH)–C–C–N with tert-alkyl or cyclic N) is 1. The molecule has 1 aromatic carbocycles. The molecule has 1 aliphatic heterocycles. The van der Waals surface area contributed by atoms with Crippen LogP contribution in [-0.4, -0.2) is 49.3 Å². The number of aliphatic hydroxyl groups excluding tert-OH is 1. The number of benzene rings is 1. The smallest absolute Gasteiger partial charge is 0.256 e. The summed E-state index contributed by atoms with van der Waals surface area (Å²) in [5, 5.41) is 9.66. The fourth-order valence-electron chi connectivity index (χ4n) is 2.39. The van der Waals surface area contributed by atoms with Crippen molar-refractivity contribution in [1.82, 2.24) is 4.90 Å². The Morgan fingerprint density at radius 3 is 2.60 bits per heavy atom. The van der Waals surface area contributed by atoms with E-state index in [0.717, 1.165) is 12.8 Å². The van der Waals surface area contributed by atoms with E-state index in [-0.39, 0.29) is 5.91 Å². The highest BCUT2D eigenvalue weighted by Gasteiger charge is 2.25. The molecular weight excluding hydrogens is 260 g/mol. The lowest BCUT2D eigenvalue weighted by molar-refractivity contribution is 0.0474. The third-order valence-corrected chi connectivity index (χ3v) is 3.47. The van der Waals surface area contributed by atoms with Gasteiger partial charge >= 0.3 is 0 Å². The zero-order chi connectivity index (χ0) is 14.7. The van der Waals surface area contributed by atoms with Gasteiger partial charge in [0, 0.05) is 24.8 Å². The number of piperidine rings is 1. The minimum Gasteiger partial charge on any atom is -0.493 e. The van der Waals surface area contributed by atoms with Crippen molar-refractivity contribution >= 4 is 11.6 Å². The Bertz CT molecular complexity index is 504. The number of ether oxygens (including phenoxy) is 2. The summed E-state index contributed by atoms with van der Waals surface area (Å²) in [4.78, 5) is 14.1. The summed E-state index contributed by atoms with van der Waals surface area (Å²) in [6.45, 7) is 0.969. The van der Waals surface area contributed by atoms with E-state index in [2.05, 4.69) is 0 Å². The third-order valence-electron chi connectivity index (χ3n) is 3.47. The van der Waals surface area contributed by atoms with Crippen molar-refractivity contribution in [2.75, 3.05) is 33.0 Å². The number of rotatable bonds is 3. The maximum atomic E-state index is 12.5. The van der Waals surface area contributed by atoms with Gasteiger partial charge in [0.25, 0.3) is 5.91 Å². The molecule has 1 fully saturated rings. The maximum absolute atomic E-state index is 12.5. The summed E-state index contributed by atoms with van der Waals surface area (Å²) in [6, 6.07) is 3.16. The Kier molecular flexibility index (Phi) is 4.34. The van der Waals surface area contributed by atoms with Gasteiger partial charge in [-0.1, -0.05) is 0 Å². The molecule has 1 unspecified atom stereocenters. The second kappa shape index (κ2) is 6.00. The quantitative estimate of drug-likeness (QED) is 0.803. The van der Waals surface area contributed by atoms with Crippen LogP contribution in [0.1, 0.15) is 23.2 Å². The largest absolute Gasteiger partial charge is 0.493 e. The molecule has 1 aliphatic rings. The zero-order valence-corrected chi connectivity index (χ0v) is 11.8. The van der Waals surface area contributed by atoms with E-state index >= 15 is 0 Å². The molecule has 1 amide bonds. The molecule has 1 heterocycles. The van der Waals surface area contributed by atoms with E-state index in [9.17, 15) is 9.90 Å². The molecule has 1 saturated heterocycles. The van der Waals surface area contributed by atoms with Gasteiger partial charge in [0.2, 0.25) is 0 Å². The molecule has 3 N–H and O–H groups in total. The van der Waals surface area contributed by atoms with Crippen molar-refractivity contribution in [3.05, 3.63) is 17.7 Å². The van der Waals surface area contributed by atoms with Gasteiger partial charge in [-0.15, -0.1) is 0 Å². The topological polar surface area (TPSA) is 85.0 Å². The lowest BCUT2D eigenvalue weighted by Crippen LogP contribution is -2.42. The molecule has 0 spiro atoms. The SMILES string of the molecule is COc1cc(N)c(C(=O)N2CCCC(O)C2)cc1OC. The number of hydrogen-bond acceptors (Lipinski definition) is 5. The van der Waals surface area contributed by atoms with Gasteiger partial charge in [-0.25, -0.2) is 0 Å². The summed E-state index contributed by atoms with van der Waals surface area (Å²) in [6.07, 6.45) is 1.06. The normalized spacial score (nSPS) is 18.8. The molecule has 1 aromatic rings. The molecule has 1 atom stereocenters. The summed E-state index contributed by atoms with van der Waals surface area (Å²) in [7, 11) is 3.02. The molecule has 0 aliphatic carbocycles. The second-order valence-electron chi connectivity index (χ2n) is 4.84. The monoisotopic (exact) mass is 280 g/mol. The van der Waals surface area contributed by atoms with Crippen LogP contribution in [0.3, 0.4) is 0 Å². The fraction of sp³-hybridized carbons (Fsp3) is 0.500. The van der Waals surface area contributed by atoms with Crippen molar-refractivity contribution < 1.29 is 19.4 Å². The molecule has 20 heavy (non-hydrogen) atoms. The number of methoxy groups -OCH3 is 2. The molecular formula is C14H20N2O4. The zero-order valence-electron chi connectivity index (χ0n) is 11.8. The van der Waals surface area contributed by atoms with Gasteiger partial charge in [0.15, 0.2) is 11.5 Å². The summed E-state index contributed by atoms with van der Waals surface area (Å²) in [5.41, 5.74) is 6.63. The minimum atomic E-state index is -0.464. The van der Waals surface area contributed by atoms with E-state index in [1.165, 1.54) is 14.2 Å². The van der Waals surface area contributed by atoms with E-state index in [1.807, 2.05) is 0 Å². The first-order chi connectivity index (χ1) is 9.56. The Labute approximate surface area is 118 Å². The lowest BCUT2D eigenvalue weighted by atomic mass is 10.1. The predicted molar refractivity (Wildman–Crippen MR) is 75.1 cm³/mol. The summed E-state index contributed by atoms with van der Waals surface area (Å²) >= 11 is 0. The standard InChI is InChI=1S/C14H20N2O4/c1-19-12-6-10(11(15)7-13(12)20-2)14(18)16-5-3-4-9(17)8-16/h6-7,9,17H,3-5,8,15H2,1-2H3. The van der Waals surface area contributed by atoms with Crippen molar-refractivity contribution in [3.8, 4) is 11.5 Å². The third kappa shape index (κ3) is 2.80. The number of nitrogens with zero attached hydrogens (tertiary/aromatic N) is 1. The molecule has 0 radical (unpaired) electrons. The highest BCUT2D eigenvalue weighted by molar-refractivity contribution is 6.00. The van der Waals surface area contributed by atoms with Gasteiger partial charge in [0.1, 0.15) is 0 Å². The number of likely N-dealkylation sites (tertiary alicyclic amines) is 1. The van der Waals surface area contributed by atoms with Crippen LogP contribution >= 0.6 is 0 Å². The average molecular weight is 280 g/mol. The molecule has 0 saturated carbocycles. The average Bonchev–Trinajstić information content (AvgIpc) is 2.46. The summed E-state index contributed by atoms with van der Waals surface area (Å²) < 4.78 is 10.3. The van der Waals surface area contributed by atoms with E-state index in [4.69, 9.17) is 15.2 Å². The number of carbonyl (C=O) groups excluding carboxylic acids is 1. The number of aliphatic hydroxyl groups is 1. The fourth-order valence-corrected chi connectivity index (χ4v) is 2.39. The first-order valence-electron chi connectivity index (χ1n) is 6.55. The van der Waals surface area contributed by atoms with Crippen LogP contribution in [0.4, 0.5) is 5.69 Å². The minimum absolute atomic E-state index is 0.192. The van der Waals surface area contributed by atoms with Crippen molar-refractivity contribution in [2.45, 2.75) is 18.9 Å². The first kappa shape index (κ1) is 14.5. The molecule has 110 valence electrons. The van der Waals surface area contributed by atoms with Crippen LogP contribution in [0.2, 0.25) is 0 Å². The lowest BCUT2D eigenvalue weighted by Gasteiger charge is -2.30. The highest BCUT2D eigenvalue weighted by Crippen LogP contribution is 2.32. The van der Waals surface area contributed by atoms with Crippen molar-refractivity contribution in [1.29, 1.82) is 0 Å². The summed E-state index contributed by atoms with van der Waals surface area (Å²) in [5.74, 6) is 0.755. The van der Waals surface area contributed by atoms with Gasteiger partial charge in [-0.3, -0.25) is 4.79 Å². The van der Waals surface area contributed by atoms with Crippen molar-refractivity contribution in [3.63, 3.8) is 0 Å². The maximum Gasteiger partial charge on any atom is 0.256 e. The van der Waals surface area contributed by atoms with Gasteiger partial charge in [-0.2, -0.15) is 0 Å². The number of carbonyl (C=O) groups is 1. The van der Waals surface area contributed by atoms with Crippen LogP contribution in [0.5, 0.6) is 11.5 Å². The Hall–Kier alpha value is -1.95. The Morgan fingerprint density at radius 1 is 1.35 bits per heavy atom. The predicted octanol–water partition coefficient (Wildman–Crippen LogP) is 0.883. The molecule has 6 nitrogen and oxygen atoms in total. The Balaban J connectivity index is 2.29. The molecule has 0 bridgehead atoms. The van der Waals surface area contributed by atoms with Gasteiger partial charge < -0.3 is 25.2 Å². The number of anilines is 1. The van der Waals surface area contributed by atoms with E-state index in [0.29, 0.717) is 35.8 Å². The molecule has 6 heteroatoms. The second-order valence-corrected chi connectivity index (χ2v) is 4.84. The van der Waals surface area contributed by atoms with Crippen molar-refractivity contribution in [2.24, 2.45) is 0 Å². The highest BCUT2D eigenvalue weighted by atomic mass is 16.5. The van der Waals surface area contributed by atoms with Gasteiger partial charge in [0.05, 0.1) is 25.9 Å². The number of nitrogen functional groups attached to an aromatic ring is 1. The molecule has 2 rings (SSSR count). The number of amides is 1. The van der Waals surface area contributed by atoms with Gasteiger partial charge in [-0.05, 0) is 18.9 Å².